The number of carbonyl (C=O) groups is 1. The van der Waals surface area contributed by atoms with Crippen LogP contribution in [0.4, 0.5) is 5.69 Å². The summed E-state index contributed by atoms with van der Waals surface area (Å²) in [5.74, 6) is 0.739. The molecule has 0 aliphatic heterocycles. The Morgan fingerprint density at radius 1 is 1.26 bits per heavy atom. The Morgan fingerprint density at radius 2 is 1.89 bits per heavy atom. The molecule has 1 N–H and O–H groups in total. The summed E-state index contributed by atoms with van der Waals surface area (Å²) >= 11 is 0. The van der Waals surface area contributed by atoms with Crippen LogP contribution >= 0.6 is 0 Å². The van der Waals surface area contributed by atoms with Gasteiger partial charge in [-0.15, -0.1) is 0 Å². The molecule has 0 atom stereocenters. The van der Waals surface area contributed by atoms with Crippen LogP contribution < -0.4 is 5.32 Å². The molecule has 0 spiro atoms. The van der Waals surface area contributed by atoms with Gasteiger partial charge in [0.25, 0.3) is 0 Å². The zero-order chi connectivity index (χ0) is 14.6. The van der Waals surface area contributed by atoms with E-state index in [1.807, 2.05) is 6.07 Å². The minimum absolute atomic E-state index is 0.0245. The van der Waals surface area contributed by atoms with Crippen LogP contribution in [-0.4, -0.2) is 5.91 Å². The number of hydrogen-bond acceptors (Lipinski definition) is 1. The van der Waals surface area contributed by atoms with Crippen molar-refractivity contribution in [3.05, 3.63) is 29.3 Å². The Labute approximate surface area is 117 Å². The van der Waals surface area contributed by atoms with Crippen molar-refractivity contribution in [1.82, 2.24) is 0 Å². The van der Waals surface area contributed by atoms with E-state index in [1.165, 1.54) is 11.1 Å². The predicted octanol–water partition coefficient (Wildman–Crippen LogP) is 4.57. The van der Waals surface area contributed by atoms with Crippen LogP contribution in [0.1, 0.15) is 52.2 Å². The van der Waals surface area contributed by atoms with E-state index in [0.717, 1.165) is 12.1 Å². The third kappa shape index (κ3) is 5.91. The number of hydrogen-bond donors (Lipinski definition) is 1. The van der Waals surface area contributed by atoms with Gasteiger partial charge in [-0.2, -0.15) is 0 Å². The van der Waals surface area contributed by atoms with Crippen molar-refractivity contribution in [3.8, 4) is 0 Å². The zero-order valence-corrected chi connectivity index (χ0v) is 13.1. The van der Waals surface area contributed by atoms with E-state index in [9.17, 15) is 4.79 Å². The summed E-state index contributed by atoms with van der Waals surface area (Å²) in [7, 11) is 0. The fourth-order valence-electron chi connectivity index (χ4n) is 2.13. The molecule has 0 saturated carbocycles. The highest BCUT2D eigenvalue weighted by atomic mass is 16.1. The molecule has 1 rings (SSSR count). The van der Waals surface area contributed by atoms with Crippen LogP contribution in [0.2, 0.25) is 0 Å². The van der Waals surface area contributed by atoms with Crippen molar-refractivity contribution >= 4 is 11.6 Å². The molecule has 0 bridgehead atoms. The maximum atomic E-state index is 11.9. The van der Waals surface area contributed by atoms with Crippen molar-refractivity contribution in [2.24, 2.45) is 11.3 Å². The Morgan fingerprint density at radius 3 is 2.37 bits per heavy atom. The Hall–Kier alpha value is -1.31. The third-order valence-corrected chi connectivity index (χ3v) is 2.95. The molecule has 0 heterocycles. The minimum atomic E-state index is 0.0245. The minimum Gasteiger partial charge on any atom is -0.326 e. The van der Waals surface area contributed by atoms with Crippen molar-refractivity contribution in [3.63, 3.8) is 0 Å². The standard InChI is InChI=1S/C17H27NO/c1-12(2)9-14-7-8-15(10-13(14)3)18-16(19)11-17(4,5)6/h7-8,10,12H,9,11H2,1-6H3,(H,18,19). The average molecular weight is 261 g/mol. The average Bonchev–Trinajstić information content (AvgIpc) is 2.18. The SMILES string of the molecule is Cc1cc(NC(=O)CC(C)(C)C)ccc1CC(C)C. The number of carbonyl (C=O) groups excluding carboxylic acids is 1. The first-order chi connectivity index (χ1) is 8.67. The first-order valence-electron chi connectivity index (χ1n) is 7.07. The van der Waals surface area contributed by atoms with E-state index in [4.69, 9.17) is 0 Å². The molecule has 0 aliphatic rings. The number of aryl methyl sites for hydroxylation is 1. The molecule has 0 fully saturated rings. The number of nitrogens with one attached hydrogen (secondary N) is 1. The molecular weight excluding hydrogens is 234 g/mol. The lowest BCUT2D eigenvalue weighted by atomic mass is 9.92. The molecule has 0 unspecified atom stereocenters. The zero-order valence-electron chi connectivity index (χ0n) is 13.1. The summed E-state index contributed by atoms with van der Waals surface area (Å²) < 4.78 is 0. The van der Waals surface area contributed by atoms with E-state index in [-0.39, 0.29) is 11.3 Å². The molecule has 2 heteroatoms. The van der Waals surface area contributed by atoms with E-state index in [0.29, 0.717) is 12.3 Å². The highest BCUT2D eigenvalue weighted by Gasteiger charge is 2.16. The maximum absolute atomic E-state index is 11.9. The van der Waals surface area contributed by atoms with Crippen LogP contribution in [-0.2, 0) is 11.2 Å². The Kier molecular flexibility index (Phi) is 5.16. The number of rotatable bonds is 4. The van der Waals surface area contributed by atoms with Gasteiger partial charge in [-0.1, -0.05) is 40.7 Å². The fraction of sp³-hybridized carbons (Fsp3) is 0.588. The van der Waals surface area contributed by atoms with E-state index in [1.54, 1.807) is 0 Å². The van der Waals surface area contributed by atoms with Gasteiger partial charge in [0, 0.05) is 12.1 Å². The van der Waals surface area contributed by atoms with Gasteiger partial charge in [-0.3, -0.25) is 4.79 Å². The summed E-state index contributed by atoms with van der Waals surface area (Å²) in [6.45, 7) is 12.8. The van der Waals surface area contributed by atoms with E-state index >= 15 is 0 Å². The Balaban J connectivity index is 2.71. The van der Waals surface area contributed by atoms with Crippen LogP contribution in [0.3, 0.4) is 0 Å². The number of anilines is 1. The first kappa shape index (κ1) is 15.7. The van der Waals surface area contributed by atoms with Gasteiger partial charge >= 0.3 is 0 Å². The van der Waals surface area contributed by atoms with Gasteiger partial charge in [0.15, 0.2) is 0 Å². The quantitative estimate of drug-likeness (QED) is 0.845. The molecular formula is C17H27NO. The highest BCUT2D eigenvalue weighted by molar-refractivity contribution is 5.91. The second-order valence-corrected chi connectivity index (χ2v) is 7.02. The second kappa shape index (κ2) is 6.23. The van der Waals surface area contributed by atoms with Crippen LogP contribution in [0.25, 0.3) is 0 Å². The van der Waals surface area contributed by atoms with Crippen molar-refractivity contribution in [1.29, 1.82) is 0 Å². The van der Waals surface area contributed by atoms with Gasteiger partial charge in [0.05, 0.1) is 0 Å². The highest BCUT2D eigenvalue weighted by Crippen LogP contribution is 2.21. The number of benzene rings is 1. The third-order valence-electron chi connectivity index (χ3n) is 2.95. The van der Waals surface area contributed by atoms with E-state index in [2.05, 4.69) is 59.0 Å². The normalized spacial score (nSPS) is 11.7. The molecule has 0 radical (unpaired) electrons. The van der Waals surface area contributed by atoms with Crippen LogP contribution in [0.5, 0.6) is 0 Å². The summed E-state index contributed by atoms with van der Waals surface area (Å²) in [5, 5.41) is 2.98. The van der Waals surface area contributed by atoms with Gasteiger partial charge in [-0.05, 0) is 47.9 Å². The molecule has 0 saturated heterocycles. The predicted molar refractivity (Wildman–Crippen MR) is 82.4 cm³/mol. The molecule has 1 aromatic rings. The van der Waals surface area contributed by atoms with Gasteiger partial charge in [-0.25, -0.2) is 0 Å². The fourth-order valence-corrected chi connectivity index (χ4v) is 2.13. The molecule has 1 aromatic carbocycles. The molecule has 2 nitrogen and oxygen atoms in total. The molecule has 0 aliphatic carbocycles. The van der Waals surface area contributed by atoms with Gasteiger partial charge in [0.1, 0.15) is 0 Å². The van der Waals surface area contributed by atoms with Crippen LogP contribution in [0.15, 0.2) is 18.2 Å². The summed E-state index contributed by atoms with van der Waals surface area (Å²) in [5.41, 5.74) is 3.54. The van der Waals surface area contributed by atoms with Crippen molar-refractivity contribution in [2.45, 2.75) is 54.4 Å². The lowest BCUT2D eigenvalue weighted by Crippen LogP contribution is -2.19. The molecule has 19 heavy (non-hydrogen) atoms. The van der Waals surface area contributed by atoms with Gasteiger partial charge in [0.2, 0.25) is 5.91 Å². The smallest absolute Gasteiger partial charge is 0.224 e. The second-order valence-electron chi connectivity index (χ2n) is 7.02. The molecule has 0 aromatic heterocycles. The summed E-state index contributed by atoms with van der Waals surface area (Å²) in [4.78, 5) is 11.9. The first-order valence-corrected chi connectivity index (χ1v) is 7.07. The van der Waals surface area contributed by atoms with Crippen LogP contribution in [0, 0.1) is 18.3 Å². The summed E-state index contributed by atoms with van der Waals surface area (Å²) in [6, 6.07) is 6.20. The lowest BCUT2D eigenvalue weighted by molar-refractivity contribution is -0.117. The lowest BCUT2D eigenvalue weighted by Gasteiger charge is -2.18. The monoisotopic (exact) mass is 261 g/mol. The summed E-state index contributed by atoms with van der Waals surface area (Å²) in [6.07, 6.45) is 1.63. The van der Waals surface area contributed by atoms with Crippen molar-refractivity contribution < 1.29 is 4.79 Å². The number of amides is 1. The molecule has 106 valence electrons. The largest absolute Gasteiger partial charge is 0.326 e. The van der Waals surface area contributed by atoms with Crippen molar-refractivity contribution in [2.75, 3.05) is 5.32 Å². The Bertz CT molecular complexity index is 441. The molecule has 1 amide bonds. The topological polar surface area (TPSA) is 29.1 Å². The maximum Gasteiger partial charge on any atom is 0.224 e. The van der Waals surface area contributed by atoms with Gasteiger partial charge < -0.3 is 5.32 Å². The van der Waals surface area contributed by atoms with E-state index < -0.39 is 0 Å².